The minimum Gasteiger partial charge on any atom is -0.497 e. The number of rotatable bonds is 18. The normalized spacial score (nSPS) is 17.1. The predicted octanol–water partition coefficient (Wildman–Crippen LogP) is 10.1. The summed E-state index contributed by atoms with van der Waals surface area (Å²) in [6.45, 7) is 6.99. The van der Waals surface area contributed by atoms with Crippen molar-refractivity contribution in [3.63, 3.8) is 0 Å². The van der Waals surface area contributed by atoms with Crippen molar-refractivity contribution in [1.29, 1.82) is 5.26 Å². The number of fused-ring (bicyclic) bond motifs is 5. The monoisotopic (exact) mass is 1150 g/mol. The summed E-state index contributed by atoms with van der Waals surface area (Å²) in [7, 11) is 3.17. The number of carbonyl (C=O) groups excluding carboxylic acids is 4. The van der Waals surface area contributed by atoms with Crippen LogP contribution in [0.2, 0.25) is 10.0 Å². The Kier molecular flexibility index (Phi) is 18.6. The molecule has 0 saturated carbocycles. The quantitative estimate of drug-likeness (QED) is 0.0767. The third kappa shape index (κ3) is 13.2. The summed E-state index contributed by atoms with van der Waals surface area (Å²) in [6.07, 6.45) is 5.75. The van der Waals surface area contributed by atoms with Crippen molar-refractivity contribution < 1.29 is 37.8 Å². The van der Waals surface area contributed by atoms with E-state index in [-0.39, 0.29) is 78.8 Å². The molecule has 0 radical (unpaired) electrons. The molecule has 5 heterocycles. The number of hydrogen-bond donors (Lipinski definition) is 2. The number of nitrogens with zero attached hydrogens (tertiary/aromatic N) is 10. The molecule has 3 aliphatic rings. The number of piperazine rings is 1. The van der Waals surface area contributed by atoms with Crippen LogP contribution in [0.5, 0.6) is 17.4 Å². The van der Waals surface area contributed by atoms with E-state index in [9.17, 15) is 24.0 Å². The van der Waals surface area contributed by atoms with Gasteiger partial charge in [-0.1, -0.05) is 73.2 Å². The molecular weight excluding hydrogens is 1090 g/mol. The summed E-state index contributed by atoms with van der Waals surface area (Å²) >= 11 is 12.7. The topological polar surface area (TPSA) is 227 Å². The van der Waals surface area contributed by atoms with Crippen molar-refractivity contribution in [2.24, 2.45) is 4.99 Å². The Balaban J connectivity index is 0.761. The van der Waals surface area contributed by atoms with E-state index in [1.807, 2.05) is 55.1 Å². The Morgan fingerprint density at radius 2 is 1.60 bits per heavy atom. The summed E-state index contributed by atoms with van der Waals surface area (Å²) in [5, 5.41) is 19.2. The third-order valence-corrected chi connectivity index (χ3v) is 15.2. The molecule has 2 bridgehead atoms. The molecule has 19 nitrogen and oxygen atoms in total. The molecule has 3 atom stereocenters. The number of ether oxygens (including phenoxy) is 3. The van der Waals surface area contributed by atoms with Gasteiger partial charge in [0.1, 0.15) is 53.6 Å². The van der Waals surface area contributed by atoms with Gasteiger partial charge in [-0.3, -0.25) is 29.0 Å². The van der Waals surface area contributed by atoms with Gasteiger partial charge >= 0.3 is 6.03 Å². The van der Waals surface area contributed by atoms with Crippen LogP contribution in [-0.4, -0.2) is 122 Å². The number of amidine groups is 1. The van der Waals surface area contributed by atoms with Crippen LogP contribution >= 0.6 is 23.2 Å². The minimum absolute atomic E-state index is 0.0200. The molecule has 428 valence electrons. The number of amides is 5. The molecule has 0 aliphatic carbocycles. The van der Waals surface area contributed by atoms with Crippen molar-refractivity contribution in [3.05, 3.63) is 146 Å². The molecule has 82 heavy (non-hydrogen) atoms. The second-order valence-electron chi connectivity index (χ2n) is 20.8. The number of urea groups is 1. The summed E-state index contributed by atoms with van der Waals surface area (Å²) in [5.41, 5.74) is 10.0. The first-order valence-corrected chi connectivity index (χ1v) is 28.2. The molecule has 22 heteroatoms. The van der Waals surface area contributed by atoms with E-state index in [2.05, 4.69) is 21.4 Å². The molecule has 2 aromatic heterocycles. The Morgan fingerprint density at radius 3 is 2.29 bits per heavy atom. The van der Waals surface area contributed by atoms with Gasteiger partial charge in [0, 0.05) is 66.9 Å². The summed E-state index contributed by atoms with van der Waals surface area (Å²) in [5.74, 6) is 0.177. The van der Waals surface area contributed by atoms with Gasteiger partial charge in [-0.2, -0.15) is 10.4 Å². The van der Waals surface area contributed by atoms with Crippen LogP contribution in [0, 0.1) is 17.1 Å². The number of anilines is 1. The Morgan fingerprint density at radius 1 is 0.902 bits per heavy atom. The van der Waals surface area contributed by atoms with E-state index < -0.39 is 29.9 Å². The number of nitriles is 1. The van der Waals surface area contributed by atoms with Crippen LogP contribution in [0.25, 0.3) is 11.3 Å². The maximum Gasteiger partial charge on any atom is 0.326 e. The Labute approximate surface area is 485 Å². The molecule has 1 saturated heterocycles. The maximum absolute atomic E-state index is 15.1. The van der Waals surface area contributed by atoms with Crippen molar-refractivity contribution in [2.75, 3.05) is 52.6 Å². The van der Waals surface area contributed by atoms with Gasteiger partial charge in [-0.05, 0) is 99.3 Å². The van der Waals surface area contributed by atoms with E-state index in [1.165, 1.54) is 34.0 Å². The third-order valence-electron chi connectivity index (χ3n) is 14.7. The van der Waals surface area contributed by atoms with Gasteiger partial charge in [0.15, 0.2) is 5.82 Å². The summed E-state index contributed by atoms with van der Waals surface area (Å²) in [6, 6.07) is 24.8. The number of nitrogens with one attached hydrogen (secondary N) is 1. The van der Waals surface area contributed by atoms with Crippen molar-refractivity contribution in [3.8, 4) is 34.7 Å². The number of benzene rings is 4. The molecular formula is C60H65Cl2FN12O7. The van der Waals surface area contributed by atoms with Crippen molar-refractivity contribution >= 4 is 58.6 Å². The molecule has 3 aliphatic heterocycles. The smallest absolute Gasteiger partial charge is 0.326 e. The number of aromatic nitrogens is 4. The highest BCUT2D eigenvalue weighted by Crippen LogP contribution is 2.46. The van der Waals surface area contributed by atoms with Gasteiger partial charge in [0.2, 0.25) is 11.8 Å². The highest BCUT2D eigenvalue weighted by atomic mass is 35.5. The Hall–Kier alpha value is -8.28. The average Bonchev–Trinajstić information content (AvgIpc) is 4.10. The van der Waals surface area contributed by atoms with Crippen molar-refractivity contribution in [2.45, 2.75) is 103 Å². The van der Waals surface area contributed by atoms with Crippen LogP contribution in [-0.2, 0) is 22.7 Å². The fourth-order valence-corrected chi connectivity index (χ4v) is 10.8. The maximum atomic E-state index is 15.1. The lowest BCUT2D eigenvalue weighted by atomic mass is 9.93. The minimum atomic E-state index is -0.829. The van der Waals surface area contributed by atoms with E-state index in [4.69, 9.17) is 53.2 Å². The number of methoxy groups -OCH3 is 1. The second kappa shape index (κ2) is 26.1. The first-order chi connectivity index (χ1) is 39.5. The van der Waals surface area contributed by atoms with Gasteiger partial charge in [-0.25, -0.2) is 19.2 Å². The first-order valence-electron chi connectivity index (χ1n) is 27.4. The van der Waals surface area contributed by atoms with E-state index >= 15 is 4.79 Å². The van der Waals surface area contributed by atoms with E-state index in [0.29, 0.717) is 82.2 Å². The number of carbonyl (C=O) groups is 4. The van der Waals surface area contributed by atoms with Crippen LogP contribution in [0.3, 0.4) is 0 Å². The highest BCUT2D eigenvalue weighted by molar-refractivity contribution is 6.30. The van der Waals surface area contributed by atoms with Crippen LogP contribution in [0.15, 0.2) is 96.1 Å². The number of nitrogens with two attached hydrogens (primary N) is 1. The van der Waals surface area contributed by atoms with Gasteiger partial charge < -0.3 is 40.0 Å². The Bertz CT molecular complexity index is 3410. The largest absolute Gasteiger partial charge is 0.497 e. The van der Waals surface area contributed by atoms with Crippen LogP contribution in [0.4, 0.5) is 15.0 Å². The number of aliphatic imine (C=N–C) groups is 1. The fraction of sp³-hybridized carbons (Fsp3) is 0.383. The number of unbranched alkanes of at least 4 members (excludes halogenated alkanes) is 5. The first kappa shape index (κ1) is 58.4. The lowest BCUT2D eigenvalue weighted by Gasteiger charge is -2.38. The standard InChI is InChI=1S/C60H65Cl2FN12O7/c1-36(2)81-50-31-43(80-5)22-24-45(50)57-69-54(38-13-17-40(61)18-14-38)55(39-15-19-41(62)20-16-39)75(57)60(79)73-29-28-72(52(77)35-73)26-11-9-7-6-8-10-12-51(76)66-25-27-74-49(32-64)53-47-33-67-56(65)58(68-47)82-37(3)46-30-42(63)21-23-44(46)59(78)71(4)34-48(53)70-74/h13-24,30-31,33,36-37,54-55H,6-12,25-29,34-35H2,1-5H3,(H2,65,67)(H,66,76)/t37-,54-,55+/m1/s1. The van der Waals surface area contributed by atoms with Crippen LogP contribution in [0.1, 0.15) is 128 Å². The number of nitrogen functional groups attached to an aromatic ring is 1. The number of hydrogen-bond acceptors (Lipinski definition) is 13. The van der Waals surface area contributed by atoms with Gasteiger partial charge in [0.05, 0.1) is 61.1 Å². The van der Waals surface area contributed by atoms with Gasteiger partial charge in [0.25, 0.3) is 11.8 Å². The van der Waals surface area contributed by atoms with E-state index in [1.54, 1.807) is 61.2 Å². The second-order valence-corrected chi connectivity index (χ2v) is 21.6. The fourth-order valence-electron chi connectivity index (χ4n) is 10.5. The lowest BCUT2D eigenvalue weighted by Crippen LogP contribution is -2.56. The molecule has 5 amide bonds. The zero-order valence-corrected chi connectivity index (χ0v) is 47.9. The molecule has 0 spiro atoms. The molecule has 9 rings (SSSR count). The summed E-state index contributed by atoms with van der Waals surface area (Å²) in [4.78, 5) is 76.4. The molecule has 6 aromatic rings. The van der Waals surface area contributed by atoms with Crippen molar-refractivity contribution in [1.82, 2.24) is 44.7 Å². The van der Waals surface area contributed by atoms with E-state index in [0.717, 1.165) is 43.2 Å². The zero-order chi connectivity index (χ0) is 58.2. The summed E-state index contributed by atoms with van der Waals surface area (Å²) < 4.78 is 33.8. The zero-order valence-electron chi connectivity index (χ0n) is 46.4. The molecule has 4 aromatic carbocycles. The average molecular weight is 1160 g/mol. The number of halogens is 3. The SMILES string of the molecule is COc1ccc(C2=N[C@H](c3ccc(Cl)cc3)[C@H](c3ccc(Cl)cc3)N2C(=O)N2CCN(CCCCCCCCC(=O)NCCn3nc4c(c3C#N)-c3cnc(N)c(n3)O[C@H](C)c3cc(F)ccc3C(=O)N(C)C4)C(=O)C2)c(OC(C)C)c1. The van der Waals surface area contributed by atoms with Gasteiger partial charge in [-0.15, -0.1) is 0 Å². The molecule has 1 fully saturated rings. The predicted molar refractivity (Wildman–Crippen MR) is 308 cm³/mol. The highest BCUT2D eigenvalue weighted by Gasteiger charge is 2.46. The van der Waals surface area contributed by atoms with Crippen LogP contribution < -0.4 is 25.3 Å². The lowest BCUT2D eigenvalue weighted by molar-refractivity contribution is -0.135. The molecule has 3 N–H and O–H groups in total. The molecule has 0 unspecified atom stereocenters.